The number of benzene rings is 3. The molecule has 24 heavy (non-hydrogen) atoms. The van der Waals surface area contributed by atoms with E-state index in [0.29, 0.717) is 22.1 Å². The van der Waals surface area contributed by atoms with E-state index in [4.69, 9.17) is 10.3 Å². The average molecular weight is 353 g/mol. The van der Waals surface area contributed by atoms with Crippen LogP contribution in [-0.4, -0.2) is 47.6 Å². The van der Waals surface area contributed by atoms with Gasteiger partial charge >= 0.3 is 0 Å². The topological polar surface area (TPSA) is 113 Å². The Labute approximate surface area is 161 Å². The zero-order valence-corrected chi connectivity index (χ0v) is 15.7. The summed E-state index contributed by atoms with van der Waals surface area (Å²) in [5.41, 5.74) is 7.80. The second-order valence-corrected chi connectivity index (χ2v) is 6.52. The number of rotatable bonds is 3. The molecule has 119 valence electrons. The molecule has 0 unspecified atom stereocenters. The molecule has 8 heteroatoms. The molecule has 5 N–H and O–H groups in total. The molecule has 0 amide bonds. The van der Waals surface area contributed by atoms with Crippen LogP contribution in [0.25, 0.3) is 10.8 Å². The van der Waals surface area contributed by atoms with E-state index in [1.54, 1.807) is 30.3 Å². The van der Waals surface area contributed by atoms with Gasteiger partial charge in [-0.2, -0.15) is 8.42 Å². The Morgan fingerprint density at radius 1 is 0.917 bits per heavy atom. The maximum Gasteiger partial charge on any atom is 0.294 e. The van der Waals surface area contributed by atoms with Gasteiger partial charge in [-0.3, -0.25) is 4.55 Å². The van der Waals surface area contributed by atoms with Crippen molar-refractivity contribution in [2.24, 2.45) is 0 Å². The van der Waals surface area contributed by atoms with E-state index in [0.717, 1.165) is 11.8 Å². The third-order valence-electron chi connectivity index (χ3n) is 3.40. The van der Waals surface area contributed by atoms with Crippen molar-refractivity contribution in [2.45, 2.75) is 4.90 Å². The van der Waals surface area contributed by atoms with Crippen molar-refractivity contribution in [3.05, 3.63) is 54.6 Å². The van der Waals surface area contributed by atoms with Gasteiger partial charge in [0.25, 0.3) is 10.1 Å². The number of phenolic OH excluding ortho intramolecular Hbond substituents is 1. The maximum atomic E-state index is 11.3. The number of hydrogen-bond donors (Lipinski definition) is 4. The average Bonchev–Trinajstić information content (AvgIpc) is 2.48. The molecule has 0 heterocycles. The van der Waals surface area contributed by atoms with E-state index in [1.165, 1.54) is 6.07 Å². The molecule has 3 aromatic carbocycles. The van der Waals surface area contributed by atoms with Crippen LogP contribution in [0.5, 0.6) is 5.75 Å². The molecule has 0 aliphatic carbocycles. The van der Waals surface area contributed by atoms with Gasteiger partial charge in [0.15, 0.2) is 0 Å². The number of anilines is 3. The first-order valence-electron chi connectivity index (χ1n) is 6.70. The van der Waals surface area contributed by atoms with Crippen LogP contribution >= 0.6 is 0 Å². The van der Waals surface area contributed by atoms with Gasteiger partial charge in [0, 0.05) is 58.1 Å². The van der Waals surface area contributed by atoms with Crippen molar-refractivity contribution < 1.29 is 18.1 Å². The molecule has 0 aliphatic rings. The van der Waals surface area contributed by atoms with Crippen LogP contribution < -0.4 is 11.1 Å². The number of nitrogen functional groups attached to an aromatic ring is 1. The smallest absolute Gasteiger partial charge is 0.294 e. The van der Waals surface area contributed by atoms with Crippen molar-refractivity contribution in [3.8, 4) is 5.75 Å². The Hall–Kier alpha value is -1.77. The minimum absolute atomic E-state index is 0. The first-order valence-corrected chi connectivity index (χ1v) is 8.14. The summed E-state index contributed by atoms with van der Waals surface area (Å²) in [6, 6.07) is 14.6. The van der Waals surface area contributed by atoms with Gasteiger partial charge < -0.3 is 16.2 Å². The fourth-order valence-corrected chi connectivity index (χ4v) is 2.82. The van der Waals surface area contributed by atoms with E-state index >= 15 is 0 Å². The molecule has 3 aromatic rings. The van der Waals surface area contributed by atoms with Gasteiger partial charge in [0.2, 0.25) is 0 Å². The summed E-state index contributed by atoms with van der Waals surface area (Å²) < 4.78 is 31.6. The number of nitrogens with two attached hydrogens (primary N) is 1. The second kappa shape index (κ2) is 7.00. The molecular formula is C16H14N2NaO4S. The Bertz CT molecular complexity index is 989. The third kappa shape index (κ3) is 4.00. The Morgan fingerprint density at radius 2 is 1.54 bits per heavy atom. The van der Waals surface area contributed by atoms with E-state index in [2.05, 4.69) is 5.32 Å². The molecule has 0 saturated carbocycles. The van der Waals surface area contributed by atoms with Gasteiger partial charge in [-0.15, -0.1) is 0 Å². The summed E-state index contributed by atoms with van der Waals surface area (Å²) in [5.74, 6) is -0.214. The summed E-state index contributed by atoms with van der Waals surface area (Å²) >= 11 is 0. The maximum absolute atomic E-state index is 11.3. The first-order chi connectivity index (χ1) is 10.8. The number of fused-ring (bicyclic) bond motifs is 1. The van der Waals surface area contributed by atoms with Crippen LogP contribution in [0.3, 0.4) is 0 Å². The summed E-state index contributed by atoms with van der Waals surface area (Å²) in [7, 11) is -4.39. The predicted octanol–water partition coefficient (Wildman–Crippen LogP) is 2.74. The predicted molar refractivity (Wildman–Crippen MR) is 95.3 cm³/mol. The van der Waals surface area contributed by atoms with E-state index in [9.17, 15) is 13.5 Å². The normalized spacial score (nSPS) is 11.0. The standard InChI is InChI=1S/C16H14N2O4S.Na/c17-11-1-3-12(4-2-11)18-13-5-6-15-10(7-13)8-14(9-16(15)19)23(20,21)22;/h1-9,18-19H,17H2,(H,20,21,22);. The summed E-state index contributed by atoms with van der Waals surface area (Å²) in [4.78, 5) is -0.355. The minimum atomic E-state index is -4.39. The van der Waals surface area contributed by atoms with Crippen LogP contribution in [-0.2, 0) is 10.1 Å². The molecule has 6 nitrogen and oxygen atoms in total. The van der Waals surface area contributed by atoms with Gasteiger partial charge in [-0.05, 0) is 53.9 Å². The molecule has 0 saturated heterocycles. The zero-order chi connectivity index (χ0) is 16.6. The number of hydrogen-bond acceptors (Lipinski definition) is 5. The third-order valence-corrected chi connectivity index (χ3v) is 4.23. The van der Waals surface area contributed by atoms with Gasteiger partial charge in [0.1, 0.15) is 5.75 Å². The molecule has 0 spiro atoms. The van der Waals surface area contributed by atoms with Gasteiger partial charge in [0.05, 0.1) is 4.90 Å². The molecule has 1 radical (unpaired) electrons. The Morgan fingerprint density at radius 3 is 2.17 bits per heavy atom. The van der Waals surface area contributed by atoms with Crippen LogP contribution in [0.1, 0.15) is 0 Å². The number of nitrogens with one attached hydrogen (secondary N) is 1. The molecule has 0 atom stereocenters. The molecule has 3 rings (SSSR count). The molecule has 0 aromatic heterocycles. The monoisotopic (exact) mass is 353 g/mol. The summed E-state index contributed by atoms with van der Waals surface area (Å²) in [6.45, 7) is 0. The van der Waals surface area contributed by atoms with Crippen molar-refractivity contribution >= 4 is 67.5 Å². The van der Waals surface area contributed by atoms with Crippen LogP contribution in [0, 0.1) is 0 Å². The van der Waals surface area contributed by atoms with Crippen LogP contribution in [0.4, 0.5) is 17.1 Å². The fourth-order valence-electron chi connectivity index (χ4n) is 2.28. The Balaban J connectivity index is 0.00000208. The quantitative estimate of drug-likeness (QED) is 0.327. The van der Waals surface area contributed by atoms with E-state index < -0.39 is 10.1 Å². The Kier molecular flexibility index (Phi) is 5.42. The summed E-state index contributed by atoms with van der Waals surface area (Å²) in [6.07, 6.45) is 0. The van der Waals surface area contributed by atoms with Crippen LogP contribution in [0.2, 0.25) is 0 Å². The van der Waals surface area contributed by atoms with Crippen molar-refractivity contribution in [2.75, 3.05) is 11.1 Å². The number of aromatic hydroxyl groups is 1. The van der Waals surface area contributed by atoms with Crippen molar-refractivity contribution in [1.29, 1.82) is 0 Å². The largest absolute Gasteiger partial charge is 0.507 e. The van der Waals surface area contributed by atoms with Gasteiger partial charge in [-0.1, -0.05) is 0 Å². The fraction of sp³-hybridized carbons (Fsp3) is 0. The molecular weight excluding hydrogens is 339 g/mol. The summed E-state index contributed by atoms with van der Waals surface area (Å²) in [5, 5.41) is 14.0. The van der Waals surface area contributed by atoms with Crippen LogP contribution in [0.15, 0.2) is 59.5 Å². The van der Waals surface area contributed by atoms with Crippen molar-refractivity contribution in [3.63, 3.8) is 0 Å². The molecule has 0 aliphatic heterocycles. The zero-order valence-electron chi connectivity index (χ0n) is 12.9. The van der Waals surface area contributed by atoms with Gasteiger partial charge in [-0.25, -0.2) is 0 Å². The SMILES string of the molecule is Nc1ccc(Nc2ccc3c(O)cc(S(=O)(=O)O)cc3c2)cc1.[Na]. The molecule has 0 bridgehead atoms. The first kappa shape index (κ1) is 18.6. The number of phenols is 1. The van der Waals surface area contributed by atoms with E-state index in [-0.39, 0.29) is 40.2 Å². The second-order valence-electron chi connectivity index (χ2n) is 5.10. The van der Waals surface area contributed by atoms with E-state index in [1.807, 2.05) is 12.1 Å². The van der Waals surface area contributed by atoms with Crippen molar-refractivity contribution in [1.82, 2.24) is 0 Å². The molecule has 0 fully saturated rings. The minimum Gasteiger partial charge on any atom is -0.507 e.